The molecule has 1 aliphatic heterocycles. The second-order valence-electron chi connectivity index (χ2n) is 7.17. The Kier molecular flexibility index (Phi) is 7.14. The first-order chi connectivity index (χ1) is 13.6. The molecule has 0 unspecified atom stereocenters. The maximum absolute atomic E-state index is 5.25. The van der Waals surface area contributed by atoms with Crippen LogP contribution in [0.15, 0.2) is 34.6 Å². The molecule has 0 amide bonds. The molecule has 0 atom stereocenters. The van der Waals surface area contributed by atoms with Crippen molar-refractivity contribution in [1.29, 1.82) is 0 Å². The molecule has 6 nitrogen and oxygen atoms in total. The average molecular weight is 402 g/mol. The average Bonchev–Trinajstić information content (AvgIpc) is 3.21. The predicted molar refractivity (Wildman–Crippen MR) is 118 cm³/mol. The summed E-state index contributed by atoms with van der Waals surface area (Å²) in [6.45, 7) is 11.8. The van der Waals surface area contributed by atoms with E-state index in [1.165, 1.54) is 10.7 Å². The van der Waals surface area contributed by atoms with E-state index >= 15 is 0 Å². The number of benzene rings is 1. The fraction of sp³-hybridized carbons (Fsp3) is 0.524. The SMILES string of the molecule is CCNC(=NCc1csc(C(C)C)n1)N1CCN(c2ccc(OC)cc2)CC1. The highest BCUT2D eigenvalue weighted by molar-refractivity contribution is 7.09. The largest absolute Gasteiger partial charge is 0.497 e. The Labute approximate surface area is 172 Å². The molecule has 1 aliphatic rings. The molecule has 1 aromatic carbocycles. The summed E-state index contributed by atoms with van der Waals surface area (Å²) >= 11 is 1.73. The Hall–Kier alpha value is -2.28. The molecule has 0 radical (unpaired) electrons. The number of rotatable bonds is 6. The molecule has 0 bridgehead atoms. The van der Waals surface area contributed by atoms with E-state index < -0.39 is 0 Å². The monoisotopic (exact) mass is 401 g/mol. The van der Waals surface area contributed by atoms with Crippen molar-refractivity contribution in [2.75, 3.05) is 44.7 Å². The number of hydrogen-bond donors (Lipinski definition) is 1. The van der Waals surface area contributed by atoms with Crippen molar-refractivity contribution in [3.05, 3.63) is 40.3 Å². The molecule has 2 aromatic rings. The van der Waals surface area contributed by atoms with E-state index in [2.05, 4.69) is 53.4 Å². The van der Waals surface area contributed by atoms with Gasteiger partial charge in [0.25, 0.3) is 0 Å². The van der Waals surface area contributed by atoms with Gasteiger partial charge >= 0.3 is 0 Å². The van der Waals surface area contributed by atoms with Crippen LogP contribution in [0.1, 0.15) is 37.4 Å². The maximum atomic E-state index is 5.25. The van der Waals surface area contributed by atoms with E-state index in [9.17, 15) is 0 Å². The first-order valence-electron chi connectivity index (χ1n) is 9.97. The zero-order valence-electron chi connectivity index (χ0n) is 17.3. The normalized spacial score (nSPS) is 15.2. The van der Waals surface area contributed by atoms with Crippen LogP contribution in [-0.4, -0.2) is 55.7 Å². The van der Waals surface area contributed by atoms with Gasteiger partial charge in [0, 0.05) is 49.7 Å². The van der Waals surface area contributed by atoms with Crippen molar-refractivity contribution in [1.82, 2.24) is 15.2 Å². The van der Waals surface area contributed by atoms with Crippen LogP contribution < -0.4 is 15.0 Å². The molecule has 3 rings (SSSR count). The Balaban J connectivity index is 1.59. The van der Waals surface area contributed by atoms with Crippen LogP contribution in [0.5, 0.6) is 5.75 Å². The molecule has 152 valence electrons. The predicted octanol–water partition coefficient (Wildman–Crippen LogP) is 3.56. The molecule has 1 saturated heterocycles. The molecule has 1 fully saturated rings. The summed E-state index contributed by atoms with van der Waals surface area (Å²) in [6, 6.07) is 8.30. The fourth-order valence-electron chi connectivity index (χ4n) is 3.21. The summed E-state index contributed by atoms with van der Waals surface area (Å²) < 4.78 is 5.25. The van der Waals surface area contributed by atoms with Gasteiger partial charge < -0.3 is 19.9 Å². The molecule has 7 heteroatoms. The lowest BCUT2D eigenvalue weighted by molar-refractivity contribution is 0.372. The molecule has 0 aliphatic carbocycles. The molecule has 0 spiro atoms. The Bertz CT molecular complexity index is 763. The first-order valence-corrected chi connectivity index (χ1v) is 10.8. The number of anilines is 1. The van der Waals surface area contributed by atoms with Gasteiger partial charge in [0.2, 0.25) is 0 Å². The molecule has 1 aromatic heterocycles. The van der Waals surface area contributed by atoms with Crippen LogP contribution >= 0.6 is 11.3 Å². The number of piperazine rings is 1. The van der Waals surface area contributed by atoms with E-state index in [4.69, 9.17) is 14.7 Å². The zero-order valence-corrected chi connectivity index (χ0v) is 18.1. The number of aliphatic imine (C=N–C) groups is 1. The van der Waals surface area contributed by atoms with Gasteiger partial charge in [0.1, 0.15) is 5.75 Å². The van der Waals surface area contributed by atoms with E-state index in [0.717, 1.165) is 50.1 Å². The summed E-state index contributed by atoms with van der Waals surface area (Å²) in [4.78, 5) is 14.3. The highest BCUT2D eigenvalue weighted by Crippen LogP contribution is 2.21. The van der Waals surface area contributed by atoms with Crippen molar-refractivity contribution in [2.45, 2.75) is 33.2 Å². The number of thiazole rings is 1. The third-order valence-electron chi connectivity index (χ3n) is 4.81. The van der Waals surface area contributed by atoms with Crippen molar-refractivity contribution < 1.29 is 4.74 Å². The third kappa shape index (κ3) is 5.16. The molecule has 28 heavy (non-hydrogen) atoms. The van der Waals surface area contributed by atoms with Crippen LogP contribution in [0.4, 0.5) is 5.69 Å². The van der Waals surface area contributed by atoms with Gasteiger partial charge in [-0.3, -0.25) is 0 Å². The smallest absolute Gasteiger partial charge is 0.194 e. The highest BCUT2D eigenvalue weighted by Gasteiger charge is 2.20. The number of nitrogens with one attached hydrogen (secondary N) is 1. The van der Waals surface area contributed by atoms with Crippen molar-refractivity contribution in [3.63, 3.8) is 0 Å². The lowest BCUT2D eigenvalue weighted by Crippen LogP contribution is -2.52. The number of ether oxygens (including phenoxy) is 1. The van der Waals surface area contributed by atoms with Crippen LogP contribution in [0.2, 0.25) is 0 Å². The van der Waals surface area contributed by atoms with Gasteiger partial charge in [-0.15, -0.1) is 11.3 Å². The molecule has 2 heterocycles. The third-order valence-corrected chi connectivity index (χ3v) is 6.00. The summed E-state index contributed by atoms with van der Waals surface area (Å²) in [5, 5.41) is 6.75. The van der Waals surface area contributed by atoms with Crippen molar-refractivity contribution in [3.8, 4) is 5.75 Å². The van der Waals surface area contributed by atoms with E-state index in [0.29, 0.717) is 12.5 Å². The second kappa shape index (κ2) is 9.78. The van der Waals surface area contributed by atoms with Crippen LogP contribution in [-0.2, 0) is 6.54 Å². The Morgan fingerprint density at radius 1 is 1.21 bits per heavy atom. The summed E-state index contributed by atoms with van der Waals surface area (Å²) in [5.41, 5.74) is 2.30. The Morgan fingerprint density at radius 2 is 1.93 bits per heavy atom. The first kappa shape index (κ1) is 20.5. The topological polar surface area (TPSA) is 53.0 Å². The van der Waals surface area contributed by atoms with Crippen LogP contribution in [0.3, 0.4) is 0 Å². The second-order valence-corrected chi connectivity index (χ2v) is 8.06. The molecule has 1 N–H and O–H groups in total. The van der Waals surface area contributed by atoms with E-state index in [1.807, 2.05) is 12.1 Å². The van der Waals surface area contributed by atoms with Gasteiger partial charge in [0.05, 0.1) is 24.4 Å². The van der Waals surface area contributed by atoms with Gasteiger partial charge in [-0.25, -0.2) is 9.98 Å². The van der Waals surface area contributed by atoms with Gasteiger partial charge in [-0.05, 0) is 31.2 Å². The lowest BCUT2D eigenvalue weighted by atomic mass is 10.2. The number of guanidine groups is 1. The fourth-order valence-corrected chi connectivity index (χ4v) is 4.04. The molecule has 0 saturated carbocycles. The minimum Gasteiger partial charge on any atom is -0.497 e. The molecular formula is C21H31N5OS. The standard InChI is InChI=1S/C21H31N5OS/c1-5-22-21(23-14-17-15-28-20(24-17)16(2)3)26-12-10-25(11-13-26)18-6-8-19(27-4)9-7-18/h6-9,15-16H,5,10-14H2,1-4H3,(H,22,23). The quantitative estimate of drug-likeness (QED) is 0.592. The van der Waals surface area contributed by atoms with Gasteiger partial charge in [-0.2, -0.15) is 0 Å². The minimum absolute atomic E-state index is 0.474. The lowest BCUT2D eigenvalue weighted by Gasteiger charge is -2.37. The number of methoxy groups -OCH3 is 1. The van der Waals surface area contributed by atoms with E-state index in [-0.39, 0.29) is 0 Å². The van der Waals surface area contributed by atoms with Crippen molar-refractivity contribution in [2.24, 2.45) is 4.99 Å². The van der Waals surface area contributed by atoms with Gasteiger partial charge in [-0.1, -0.05) is 13.8 Å². The number of hydrogen-bond acceptors (Lipinski definition) is 5. The minimum atomic E-state index is 0.474. The Morgan fingerprint density at radius 3 is 2.50 bits per heavy atom. The van der Waals surface area contributed by atoms with Crippen LogP contribution in [0.25, 0.3) is 0 Å². The summed E-state index contributed by atoms with van der Waals surface area (Å²) in [5.74, 6) is 2.35. The van der Waals surface area contributed by atoms with E-state index in [1.54, 1.807) is 18.4 Å². The van der Waals surface area contributed by atoms with Crippen molar-refractivity contribution >= 4 is 23.0 Å². The number of aromatic nitrogens is 1. The summed E-state index contributed by atoms with van der Waals surface area (Å²) in [7, 11) is 1.70. The maximum Gasteiger partial charge on any atom is 0.194 e. The number of nitrogens with zero attached hydrogens (tertiary/aromatic N) is 4. The van der Waals surface area contributed by atoms with Crippen LogP contribution in [0, 0.1) is 0 Å². The zero-order chi connectivity index (χ0) is 19.9. The molecular weight excluding hydrogens is 370 g/mol. The highest BCUT2D eigenvalue weighted by atomic mass is 32.1. The van der Waals surface area contributed by atoms with Gasteiger partial charge in [0.15, 0.2) is 5.96 Å². The summed E-state index contributed by atoms with van der Waals surface area (Å²) in [6.07, 6.45) is 0.